The quantitative estimate of drug-likeness (QED) is 0.475. The van der Waals surface area contributed by atoms with Crippen LogP contribution >= 0.6 is 11.8 Å². The largest absolute Gasteiger partial charge is 0.444 e. The van der Waals surface area contributed by atoms with Crippen LogP contribution in [-0.4, -0.2) is 20.2 Å². The van der Waals surface area contributed by atoms with Gasteiger partial charge in [0.1, 0.15) is 17.9 Å². The summed E-state index contributed by atoms with van der Waals surface area (Å²) in [5.74, 6) is 1.58. The highest BCUT2D eigenvalue weighted by atomic mass is 32.2. The summed E-state index contributed by atoms with van der Waals surface area (Å²) in [4.78, 5) is 8.89. The first-order chi connectivity index (χ1) is 13.3. The molecule has 0 spiro atoms. The Labute approximate surface area is 159 Å². The molecule has 0 saturated carbocycles. The Morgan fingerprint density at radius 2 is 1.81 bits per heavy atom. The van der Waals surface area contributed by atoms with E-state index >= 15 is 0 Å². The Morgan fingerprint density at radius 3 is 2.63 bits per heavy atom. The van der Waals surface area contributed by atoms with Crippen molar-refractivity contribution < 1.29 is 8.81 Å². The van der Waals surface area contributed by atoms with Gasteiger partial charge in [0.05, 0.1) is 5.69 Å². The Morgan fingerprint density at radius 1 is 1.00 bits per heavy atom. The van der Waals surface area contributed by atoms with Gasteiger partial charge in [-0.05, 0) is 35.9 Å². The fourth-order valence-corrected chi connectivity index (χ4v) is 3.05. The van der Waals surface area contributed by atoms with E-state index in [1.807, 2.05) is 36.4 Å². The summed E-state index contributed by atoms with van der Waals surface area (Å²) < 4.78 is 18.4. The minimum Gasteiger partial charge on any atom is -0.444 e. The molecule has 4 aromatic rings. The van der Waals surface area contributed by atoms with Crippen molar-refractivity contribution >= 4 is 23.9 Å². The molecule has 4 rings (SSSR count). The molecule has 2 aromatic heterocycles. The first-order valence-electron chi connectivity index (χ1n) is 8.25. The Hall–Kier alpha value is -3.19. The average Bonchev–Trinajstić information content (AvgIpc) is 3.36. The van der Waals surface area contributed by atoms with Gasteiger partial charge in [-0.25, -0.2) is 14.4 Å². The van der Waals surface area contributed by atoms with Crippen LogP contribution in [0.2, 0.25) is 0 Å². The number of aromatic amines is 1. The van der Waals surface area contributed by atoms with Gasteiger partial charge >= 0.3 is 0 Å². The Kier molecular flexibility index (Phi) is 5.11. The van der Waals surface area contributed by atoms with Gasteiger partial charge in [-0.1, -0.05) is 48.2 Å². The summed E-state index contributed by atoms with van der Waals surface area (Å²) in [5.41, 5.74) is 2.66. The number of hydrogen-bond acceptors (Lipinski definition) is 5. The molecular weight excluding hydrogens is 363 g/mol. The molecule has 1 N–H and O–H groups in total. The molecule has 2 heterocycles. The third kappa shape index (κ3) is 4.51. The molecule has 0 saturated heterocycles. The third-order valence-corrected chi connectivity index (χ3v) is 4.59. The molecule has 2 aromatic carbocycles. The zero-order chi connectivity index (χ0) is 18.5. The maximum absolute atomic E-state index is 12.9. The molecule has 27 heavy (non-hydrogen) atoms. The summed E-state index contributed by atoms with van der Waals surface area (Å²) in [6.45, 7) is 0. The van der Waals surface area contributed by atoms with E-state index in [2.05, 4.69) is 20.2 Å². The van der Waals surface area contributed by atoms with Gasteiger partial charge < -0.3 is 4.42 Å². The molecule has 0 atom stereocenters. The molecule has 0 radical (unpaired) electrons. The number of benzene rings is 2. The number of aromatic nitrogens is 4. The van der Waals surface area contributed by atoms with Gasteiger partial charge in [-0.3, -0.25) is 5.10 Å². The fraction of sp³-hybridized carbons (Fsp3) is 0.0500. The number of thioether (sulfide) groups is 1. The van der Waals surface area contributed by atoms with E-state index in [9.17, 15) is 4.39 Å². The van der Waals surface area contributed by atoms with Crippen LogP contribution in [0.15, 0.2) is 70.4 Å². The van der Waals surface area contributed by atoms with E-state index in [1.54, 1.807) is 24.5 Å². The second kappa shape index (κ2) is 8.01. The number of nitrogens with one attached hydrogen (secondary N) is 1. The molecule has 0 unspecified atom stereocenters. The maximum atomic E-state index is 12.9. The van der Waals surface area contributed by atoms with Crippen molar-refractivity contribution in [2.75, 3.05) is 0 Å². The molecule has 7 heteroatoms. The summed E-state index contributed by atoms with van der Waals surface area (Å²) >= 11 is 1.47. The van der Waals surface area contributed by atoms with Gasteiger partial charge in [-0.2, -0.15) is 0 Å². The first kappa shape index (κ1) is 17.2. The normalized spacial score (nSPS) is 11.3. The van der Waals surface area contributed by atoms with Crippen molar-refractivity contribution in [1.29, 1.82) is 0 Å². The first-order valence-corrected chi connectivity index (χ1v) is 9.23. The highest BCUT2D eigenvalue weighted by molar-refractivity contribution is 7.98. The van der Waals surface area contributed by atoms with Crippen molar-refractivity contribution in [3.05, 3.63) is 83.8 Å². The van der Waals surface area contributed by atoms with Gasteiger partial charge in [0.2, 0.25) is 11.0 Å². The van der Waals surface area contributed by atoms with Crippen LogP contribution in [-0.2, 0) is 5.75 Å². The number of nitrogens with zero attached hydrogens (tertiary/aromatic N) is 3. The lowest BCUT2D eigenvalue weighted by Gasteiger charge is -1.93. The van der Waals surface area contributed by atoms with E-state index in [4.69, 9.17) is 4.42 Å². The Bertz CT molecular complexity index is 1040. The van der Waals surface area contributed by atoms with Crippen LogP contribution < -0.4 is 0 Å². The second-order valence-electron chi connectivity index (χ2n) is 5.69. The highest BCUT2D eigenvalue weighted by Gasteiger charge is 2.08. The van der Waals surface area contributed by atoms with E-state index in [0.29, 0.717) is 22.6 Å². The maximum Gasteiger partial charge on any atom is 0.226 e. The van der Waals surface area contributed by atoms with Crippen molar-refractivity contribution in [1.82, 2.24) is 20.2 Å². The van der Waals surface area contributed by atoms with E-state index < -0.39 is 0 Å². The lowest BCUT2D eigenvalue weighted by Crippen LogP contribution is -1.83. The Balaban J connectivity index is 1.36. The van der Waals surface area contributed by atoms with E-state index in [1.165, 1.54) is 23.9 Å². The SMILES string of the molecule is Fc1ccc(C=Cc2nc(SCc3coc(-c4ccccc4)n3)n[nH]2)cc1. The van der Waals surface area contributed by atoms with Gasteiger partial charge in [0.25, 0.3) is 0 Å². The zero-order valence-corrected chi connectivity index (χ0v) is 15.0. The summed E-state index contributed by atoms with van der Waals surface area (Å²) in [5, 5.41) is 7.67. The van der Waals surface area contributed by atoms with Crippen LogP contribution in [0.4, 0.5) is 4.39 Å². The molecule has 5 nitrogen and oxygen atoms in total. The minimum absolute atomic E-state index is 0.256. The van der Waals surface area contributed by atoms with Crippen molar-refractivity contribution in [2.24, 2.45) is 0 Å². The molecule has 0 bridgehead atoms. The van der Waals surface area contributed by atoms with Gasteiger partial charge in [-0.15, -0.1) is 5.10 Å². The fourth-order valence-electron chi connectivity index (χ4n) is 2.37. The summed E-state index contributed by atoms with van der Waals surface area (Å²) in [7, 11) is 0. The molecule has 0 aliphatic heterocycles. The number of oxazole rings is 1. The van der Waals surface area contributed by atoms with Crippen LogP contribution in [0.1, 0.15) is 17.1 Å². The van der Waals surface area contributed by atoms with Gasteiger partial charge in [0, 0.05) is 11.3 Å². The molecule has 0 aliphatic rings. The standard InChI is InChI=1S/C20H15FN4OS/c21-16-9-6-14(7-10-16)8-11-18-23-20(25-24-18)27-13-17-12-26-19(22-17)15-4-2-1-3-5-15/h1-12H,13H2,(H,23,24,25). The van der Waals surface area contributed by atoms with Crippen molar-refractivity contribution in [2.45, 2.75) is 10.9 Å². The van der Waals surface area contributed by atoms with Gasteiger partial charge in [0.15, 0.2) is 0 Å². The number of rotatable bonds is 6. The third-order valence-electron chi connectivity index (χ3n) is 3.71. The van der Waals surface area contributed by atoms with Crippen LogP contribution in [0, 0.1) is 5.82 Å². The van der Waals surface area contributed by atoms with Crippen molar-refractivity contribution in [3.63, 3.8) is 0 Å². The minimum atomic E-state index is -0.256. The van der Waals surface area contributed by atoms with E-state index in [0.717, 1.165) is 16.8 Å². The zero-order valence-electron chi connectivity index (χ0n) is 14.2. The monoisotopic (exact) mass is 378 g/mol. The van der Waals surface area contributed by atoms with Crippen LogP contribution in [0.5, 0.6) is 0 Å². The number of H-pyrrole nitrogens is 1. The van der Waals surface area contributed by atoms with E-state index in [-0.39, 0.29) is 5.82 Å². The molecule has 134 valence electrons. The highest BCUT2D eigenvalue weighted by Crippen LogP contribution is 2.23. The van der Waals surface area contributed by atoms with Crippen LogP contribution in [0.25, 0.3) is 23.6 Å². The molecule has 0 aliphatic carbocycles. The smallest absolute Gasteiger partial charge is 0.226 e. The molecule has 0 fully saturated rings. The lowest BCUT2D eigenvalue weighted by atomic mass is 10.2. The number of halogens is 1. The van der Waals surface area contributed by atoms with Crippen LogP contribution in [0.3, 0.4) is 0 Å². The summed E-state index contributed by atoms with van der Waals surface area (Å²) in [6.07, 6.45) is 5.30. The molecular formula is C20H15FN4OS. The summed E-state index contributed by atoms with van der Waals surface area (Å²) in [6, 6.07) is 16.0. The number of hydrogen-bond donors (Lipinski definition) is 1. The molecule has 0 amide bonds. The second-order valence-corrected chi connectivity index (χ2v) is 6.63. The topological polar surface area (TPSA) is 67.6 Å². The predicted molar refractivity (Wildman–Crippen MR) is 103 cm³/mol. The average molecular weight is 378 g/mol. The van der Waals surface area contributed by atoms with Crippen molar-refractivity contribution in [3.8, 4) is 11.5 Å². The predicted octanol–water partition coefficient (Wildman–Crippen LogP) is 5.06. The lowest BCUT2D eigenvalue weighted by molar-refractivity contribution is 0.573.